The molecule has 0 unspecified atom stereocenters. The van der Waals surface area contributed by atoms with Gasteiger partial charge in [0.05, 0.1) is 25.9 Å². The summed E-state index contributed by atoms with van der Waals surface area (Å²) in [5.41, 5.74) is 0.214. The Kier molecular flexibility index (Phi) is 8.23. The molecular weight excluding hydrogens is 274 g/mol. The lowest BCUT2D eigenvalue weighted by Gasteiger charge is -2.08. The predicted molar refractivity (Wildman–Crippen MR) is 78.9 cm³/mol. The van der Waals surface area contributed by atoms with Crippen LogP contribution in [0.5, 0.6) is 11.5 Å². The molecule has 0 spiro atoms. The maximum atomic E-state index is 11.9. The van der Waals surface area contributed by atoms with Gasteiger partial charge in [-0.15, -0.1) is 0 Å². The number of hydrogen-bond donors (Lipinski definition) is 2. The van der Waals surface area contributed by atoms with Crippen LogP contribution in [0.4, 0.5) is 0 Å². The molecule has 0 atom stereocenters. The molecule has 1 rings (SSSR count). The van der Waals surface area contributed by atoms with E-state index in [0.717, 1.165) is 12.8 Å². The van der Waals surface area contributed by atoms with Gasteiger partial charge in [0.25, 0.3) is 5.91 Å². The molecule has 0 fully saturated rings. The number of ether oxygens (including phenoxy) is 3. The zero-order valence-electron chi connectivity index (χ0n) is 12.6. The molecule has 1 aromatic carbocycles. The summed E-state index contributed by atoms with van der Waals surface area (Å²) >= 11 is 0. The summed E-state index contributed by atoms with van der Waals surface area (Å²) in [5.74, 6) is 0.160. The number of rotatable bonds is 10. The topological polar surface area (TPSA) is 77.0 Å². The van der Waals surface area contributed by atoms with Crippen molar-refractivity contribution < 1.29 is 24.1 Å². The van der Waals surface area contributed by atoms with Gasteiger partial charge in [0.15, 0.2) is 0 Å². The van der Waals surface area contributed by atoms with E-state index in [-0.39, 0.29) is 17.2 Å². The molecule has 0 aliphatic rings. The Balaban J connectivity index is 2.25. The van der Waals surface area contributed by atoms with Crippen LogP contribution in [-0.4, -0.2) is 51.6 Å². The molecule has 2 N–H and O–H groups in total. The highest BCUT2D eigenvalue weighted by molar-refractivity contribution is 5.97. The van der Waals surface area contributed by atoms with Crippen LogP contribution in [0.3, 0.4) is 0 Å². The number of hydrogen-bond acceptors (Lipinski definition) is 5. The van der Waals surface area contributed by atoms with Gasteiger partial charge in [0.1, 0.15) is 11.5 Å². The van der Waals surface area contributed by atoms with Gasteiger partial charge >= 0.3 is 0 Å². The molecular formula is C15H23NO5. The minimum Gasteiger partial charge on any atom is -0.507 e. The van der Waals surface area contributed by atoms with Crippen LogP contribution in [0.2, 0.25) is 0 Å². The molecule has 0 radical (unpaired) electrons. The lowest BCUT2D eigenvalue weighted by atomic mass is 10.1. The summed E-state index contributed by atoms with van der Waals surface area (Å²) in [6, 6.07) is 4.55. The Hall–Kier alpha value is -1.79. The number of phenols is 1. The molecule has 6 heteroatoms. The van der Waals surface area contributed by atoms with Gasteiger partial charge in [0, 0.05) is 20.3 Å². The lowest BCUT2D eigenvalue weighted by Crippen LogP contribution is -2.24. The van der Waals surface area contributed by atoms with Crippen LogP contribution in [0.25, 0.3) is 0 Å². The third-order valence-corrected chi connectivity index (χ3v) is 2.88. The fourth-order valence-corrected chi connectivity index (χ4v) is 1.69. The van der Waals surface area contributed by atoms with Gasteiger partial charge in [-0.1, -0.05) is 0 Å². The first kappa shape index (κ1) is 17.3. The monoisotopic (exact) mass is 297 g/mol. The molecule has 0 heterocycles. The van der Waals surface area contributed by atoms with Crippen LogP contribution in [-0.2, 0) is 9.47 Å². The van der Waals surface area contributed by atoms with E-state index in [1.54, 1.807) is 13.2 Å². The smallest absolute Gasteiger partial charge is 0.255 e. The summed E-state index contributed by atoms with van der Waals surface area (Å²) < 4.78 is 15.2. The largest absolute Gasteiger partial charge is 0.507 e. The fraction of sp³-hybridized carbons (Fsp3) is 0.533. The molecule has 6 nitrogen and oxygen atoms in total. The highest BCUT2D eigenvalue weighted by atomic mass is 16.5. The van der Waals surface area contributed by atoms with Gasteiger partial charge in [0.2, 0.25) is 0 Å². The third kappa shape index (κ3) is 6.46. The second-order valence-corrected chi connectivity index (χ2v) is 4.45. The number of nitrogens with one attached hydrogen (secondary N) is 1. The van der Waals surface area contributed by atoms with Gasteiger partial charge in [-0.3, -0.25) is 4.79 Å². The van der Waals surface area contributed by atoms with Crippen molar-refractivity contribution in [3.05, 3.63) is 23.8 Å². The maximum Gasteiger partial charge on any atom is 0.255 e. The number of methoxy groups -OCH3 is 2. The highest BCUT2D eigenvalue weighted by Crippen LogP contribution is 2.22. The minimum atomic E-state index is -0.313. The molecule has 0 bridgehead atoms. The van der Waals surface area contributed by atoms with Gasteiger partial charge in [-0.2, -0.15) is 0 Å². The number of phenolic OH excluding ortho intramolecular Hbond substituents is 1. The lowest BCUT2D eigenvalue weighted by molar-refractivity contribution is 0.0686. The first-order chi connectivity index (χ1) is 10.2. The second kappa shape index (κ2) is 10.0. The number of carbonyl (C=O) groups is 1. The van der Waals surface area contributed by atoms with E-state index in [9.17, 15) is 9.90 Å². The van der Waals surface area contributed by atoms with Crippen molar-refractivity contribution in [2.45, 2.75) is 12.8 Å². The van der Waals surface area contributed by atoms with Crippen molar-refractivity contribution in [1.82, 2.24) is 5.32 Å². The minimum absolute atomic E-state index is 0.0591. The van der Waals surface area contributed by atoms with Gasteiger partial charge in [-0.25, -0.2) is 0 Å². The Bertz CT molecular complexity index is 436. The van der Waals surface area contributed by atoms with Crippen molar-refractivity contribution in [1.29, 1.82) is 0 Å². The number of benzene rings is 1. The summed E-state index contributed by atoms with van der Waals surface area (Å²) in [7, 11) is 3.14. The normalized spacial score (nSPS) is 10.4. The average Bonchev–Trinajstić information content (AvgIpc) is 2.50. The van der Waals surface area contributed by atoms with E-state index in [1.165, 1.54) is 19.2 Å². The third-order valence-electron chi connectivity index (χ3n) is 2.88. The van der Waals surface area contributed by atoms with Crippen LogP contribution in [0.1, 0.15) is 23.2 Å². The van der Waals surface area contributed by atoms with E-state index in [4.69, 9.17) is 14.2 Å². The number of aromatic hydroxyl groups is 1. The van der Waals surface area contributed by atoms with Crippen LogP contribution >= 0.6 is 0 Å². The van der Waals surface area contributed by atoms with Crippen molar-refractivity contribution >= 4 is 5.91 Å². The van der Waals surface area contributed by atoms with Crippen molar-refractivity contribution in [3.8, 4) is 11.5 Å². The molecule has 21 heavy (non-hydrogen) atoms. The van der Waals surface area contributed by atoms with E-state index in [1.807, 2.05) is 0 Å². The van der Waals surface area contributed by atoms with Gasteiger partial charge in [-0.05, 0) is 31.0 Å². The van der Waals surface area contributed by atoms with E-state index >= 15 is 0 Å². The van der Waals surface area contributed by atoms with Crippen molar-refractivity contribution in [3.63, 3.8) is 0 Å². The number of amides is 1. The quantitative estimate of drug-likeness (QED) is 0.641. The first-order valence-corrected chi connectivity index (χ1v) is 6.91. The SMILES string of the molecule is COCCOCCCCNC(=O)c1cc(OC)ccc1O. The number of carbonyl (C=O) groups excluding carboxylic acids is 1. The second-order valence-electron chi connectivity index (χ2n) is 4.45. The molecule has 1 aromatic rings. The Morgan fingerprint density at radius 3 is 2.71 bits per heavy atom. The number of unbranched alkanes of at least 4 members (excludes halogenated alkanes) is 1. The average molecular weight is 297 g/mol. The fourth-order valence-electron chi connectivity index (χ4n) is 1.69. The zero-order valence-corrected chi connectivity index (χ0v) is 12.6. The maximum absolute atomic E-state index is 11.9. The summed E-state index contributed by atoms with van der Waals surface area (Å²) in [6.07, 6.45) is 1.66. The highest BCUT2D eigenvalue weighted by Gasteiger charge is 2.11. The Labute approximate surface area is 125 Å². The van der Waals surface area contributed by atoms with Crippen LogP contribution < -0.4 is 10.1 Å². The molecule has 0 aromatic heterocycles. The van der Waals surface area contributed by atoms with E-state index < -0.39 is 0 Å². The van der Waals surface area contributed by atoms with Gasteiger partial charge < -0.3 is 24.6 Å². The standard InChI is InChI=1S/C15H23NO5/c1-19-9-10-21-8-4-3-7-16-15(18)13-11-12(20-2)5-6-14(13)17/h5-6,11,17H,3-4,7-10H2,1-2H3,(H,16,18). The van der Waals surface area contributed by atoms with E-state index in [0.29, 0.717) is 32.1 Å². The molecule has 0 saturated heterocycles. The molecule has 0 aliphatic carbocycles. The van der Waals surface area contributed by atoms with Crippen molar-refractivity contribution in [2.75, 3.05) is 40.6 Å². The van der Waals surface area contributed by atoms with E-state index in [2.05, 4.69) is 5.32 Å². The molecule has 1 amide bonds. The Morgan fingerprint density at radius 1 is 1.19 bits per heavy atom. The van der Waals surface area contributed by atoms with Crippen LogP contribution in [0, 0.1) is 0 Å². The zero-order chi connectivity index (χ0) is 15.5. The Morgan fingerprint density at radius 2 is 2.00 bits per heavy atom. The molecule has 0 aliphatic heterocycles. The predicted octanol–water partition coefficient (Wildman–Crippen LogP) is 1.57. The van der Waals surface area contributed by atoms with Crippen LogP contribution in [0.15, 0.2) is 18.2 Å². The molecule has 118 valence electrons. The first-order valence-electron chi connectivity index (χ1n) is 6.91. The molecule has 0 saturated carbocycles. The summed E-state index contributed by atoms with van der Waals surface area (Å²) in [6.45, 7) is 2.35. The van der Waals surface area contributed by atoms with Crippen molar-refractivity contribution in [2.24, 2.45) is 0 Å². The summed E-state index contributed by atoms with van der Waals surface area (Å²) in [4.78, 5) is 11.9. The summed E-state index contributed by atoms with van der Waals surface area (Å²) in [5, 5.41) is 12.4.